The van der Waals surface area contributed by atoms with Gasteiger partial charge in [0.25, 0.3) is 5.91 Å². The fraction of sp³-hybridized carbons (Fsp3) is 0.333. The van der Waals surface area contributed by atoms with Crippen molar-refractivity contribution in [3.8, 4) is 5.75 Å². The van der Waals surface area contributed by atoms with E-state index in [-0.39, 0.29) is 31.0 Å². The van der Waals surface area contributed by atoms with Gasteiger partial charge in [0.15, 0.2) is 6.61 Å². The van der Waals surface area contributed by atoms with Crippen molar-refractivity contribution >= 4 is 35.0 Å². The maximum atomic E-state index is 13.7. The molecule has 3 aromatic rings. The third-order valence-electron chi connectivity index (χ3n) is 6.65. The average Bonchev–Trinajstić information content (AvgIpc) is 2.91. The van der Waals surface area contributed by atoms with Gasteiger partial charge in [-0.25, -0.2) is 0 Å². The Morgan fingerprint density at radius 3 is 2.30 bits per heavy atom. The first-order chi connectivity index (χ1) is 18.0. The highest BCUT2D eigenvalue weighted by Crippen LogP contribution is 2.21. The molecule has 0 aliphatic heterocycles. The van der Waals surface area contributed by atoms with Crippen LogP contribution in [0.15, 0.2) is 78.9 Å². The summed E-state index contributed by atoms with van der Waals surface area (Å²) in [5.74, 6) is 0.0778. The average molecular weight is 540 g/mol. The van der Waals surface area contributed by atoms with Gasteiger partial charge in [-0.1, -0.05) is 91.0 Å². The van der Waals surface area contributed by atoms with E-state index in [1.54, 1.807) is 41.3 Å². The lowest BCUT2D eigenvalue weighted by Crippen LogP contribution is -2.53. The van der Waals surface area contributed by atoms with Gasteiger partial charge in [-0.15, -0.1) is 0 Å². The third kappa shape index (κ3) is 8.24. The first-order valence-corrected chi connectivity index (χ1v) is 13.5. The van der Waals surface area contributed by atoms with E-state index in [1.165, 1.54) is 6.42 Å². The highest BCUT2D eigenvalue weighted by Gasteiger charge is 2.32. The zero-order valence-corrected chi connectivity index (χ0v) is 22.3. The molecule has 5 nitrogen and oxygen atoms in total. The summed E-state index contributed by atoms with van der Waals surface area (Å²) in [5.41, 5.74) is 1.86. The Balaban J connectivity index is 1.60. The smallest absolute Gasteiger partial charge is 0.261 e. The molecule has 1 aliphatic carbocycles. The molecule has 4 rings (SSSR count). The number of nitrogens with one attached hydrogen (secondary N) is 1. The molecule has 1 saturated carbocycles. The molecule has 0 bridgehead atoms. The van der Waals surface area contributed by atoms with Crippen LogP contribution in [0.5, 0.6) is 5.75 Å². The largest absolute Gasteiger partial charge is 0.484 e. The van der Waals surface area contributed by atoms with Gasteiger partial charge < -0.3 is 15.0 Å². The molecule has 1 atom stereocenters. The zero-order valence-electron chi connectivity index (χ0n) is 20.7. The Morgan fingerprint density at radius 2 is 1.59 bits per heavy atom. The number of rotatable bonds is 10. The molecule has 0 unspecified atom stereocenters. The van der Waals surface area contributed by atoms with Gasteiger partial charge in [-0.2, -0.15) is 0 Å². The Kier molecular flexibility index (Phi) is 9.86. The van der Waals surface area contributed by atoms with Crippen LogP contribution in [0.4, 0.5) is 0 Å². The van der Waals surface area contributed by atoms with Crippen LogP contribution in [0.2, 0.25) is 10.0 Å². The summed E-state index contributed by atoms with van der Waals surface area (Å²) in [6.45, 7) is 0.0421. The quantitative estimate of drug-likeness (QED) is 0.322. The van der Waals surface area contributed by atoms with Crippen LogP contribution in [0.3, 0.4) is 0 Å². The van der Waals surface area contributed by atoms with E-state index in [2.05, 4.69) is 5.32 Å². The molecule has 0 radical (unpaired) electrons. The molecule has 2 amide bonds. The lowest BCUT2D eigenvalue weighted by molar-refractivity contribution is -0.143. The van der Waals surface area contributed by atoms with Crippen molar-refractivity contribution in [2.24, 2.45) is 0 Å². The lowest BCUT2D eigenvalue weighted by Gasteiger charge is -2.33. The first-order valence-electron chi connectivity index (χ1n) is 12.7. The fourth-order valence-electron chi connectivity index (χ4n) is 4.67. The number of halogens is 2. The number of hydrogen-bond donors (Lipinski definition) is 1. The lowest BCUT2D eigenvalue weighted by atomic mass is 9.94. The fourth-order valence-corrected chi connectivity index (χ4v) is 4.98. The molecular formula is C30H32Cl2N2O3. The summed E-state index contributed by atoms with van der Waals surface area (Å²) in [7, 11) is 0. The second-order valence-electron chi connectivity index (χ2n) is 9.44. The van der Waals surface area contributed by atoms with Gasteiger partial charge in [0, 0.05) is 29.1 Å². The summed E-state index contributed by atoms with van der Waals surface area (Å²) in [5, 5.41) is 4.38. The normalized spacial score (nSPS) is 14.5. The number of ether oxygens (including phenoxy) is 1. The molecule has 1 aliphatic rings. The Hall–Kier alpha value is -3.02. The Morgan fingerprint density at radius 1 is 0.865 bits per heavy atom. The monoisotopic (exact) mass is 538 g/mol. The predicted molar refractivity (Wildman–Crippen MR) is 148 cm³/mol. The van der Waals surface area contributed by atoms with Crippen molar-refractivity contribution in [2.75, 3.05) is 6.61 Å². The third-order valence-corrected chi connectivity index (χ3v) is 7.13. The number of nitrogens with zero attached hydrogens (tertiary/aromatic N) is 1. The van der Waals surface area contributed by atoms with E-state index in [0.717, 1.165) is 36.8 Å². The van der Waals surface area contributed by atoms with Gasteiger partial charge in [0.05, 0.1) is 0 Å². The highest BCUT2D eigenvalue weighted by molar-refractivity contribution is 6.30. The molecule has 0 heterocycles. The standard InChI is InChI=1S/C30H32Cl2N2O3/c31-24-16-14-23(15-17-24)20-34(29(35)21-37-27-13-7-10-25(32)19-27)28(18-22-8-3-1-4-9-22)30(36)33-26-11-5-2-6-12-26/h1,3-4,7-10,13-17,19,26,28H,2,5-6,11-12,18,20-21H2,(H,33,36)/t28-/m0/s1. The van der Waals surface area contributed by atoms with E-state index in [9.17, 15) is 9.59 Å². The SMILES string of the molecule is O=C(NC1CCCCC1)[C@H](Cc1ccccc1)N(Cc1ccc(Cl)cc1)C(=O)COc1cccc(Cl)c1. The van der Waals surface area contributed by atoms with Crippen molar-refractivity contribution in [2.45, 2.75) is 57.2 Å². The van der Waals surface area contributed by atoms with Crippen LogP contribution in [0.1, 0.15) is 43.2 Å². The van der Waals surface area contributed by atoms with Crippen LogP contribution in [-0.4, -0.2) is 35.4 Å². The van der Waals surface area contributed by atoms with Crippen molar-refractivity contribution < 1.29 is 14.3 Å². The van der Waals surface area contributed by atoms with Crippen LogP contribution in [0, 0.1) is 0 Å². The second-order valence-corrected chi connectivity index (χ2v) is 10.3. The molecule has 3 aromatic carbocycles. The van der Waals surface area contributed by atoms with Gasteiger partial charge in [0.2, 0.25) is 5.91 Å². The summed E-state index contributed by atoms with van der Waals surface area (Å²) in [6.07, 6.45) is 5.74. The number of carbonyl (C=O) groups is 2. The molecular weight excluding hydrogens is 507 g/mol. The number of carbonyl (C=O) groups excluding carboxylic acids is 2. The number of amides is 2. The van der Waals surface area contributed by atoms with Crippen molar-refractivity contribution in [1.82, 2.24) is 10.2 Å². The topological polar surface area (TPSA) is 58.6 Å². The summed E-state index contributed by atoms with van der Waals surface area (Å²) >= 11 is 12.2. The van der Waals surface area contributed by atoms with Crippen LogP contribution < -0.4 is 10.1 Å². The van der Waals surface area contributed by atoms with E-state index in [4.69, 9.17) is 27.9 Å². The minimum absolute atomic E-state index is 0.134. The predicted octanol–water partition coefficient (Wildman–Crippen LogP) is 6.46. The highest BCUT2D eigenvalue weighted by atomic mass is 35.5. The molecule has 0 aromatic heterocycles. The molecule has 0 saturated heterocycles. The molecule has 194 valence electrons. The first kappa shape index (κ1) is 27.0. The molecule has 37 heavy (non-hydrogen) atoms. The molecule has 0 spiro atoms. The van der Waals surface area contributed by atoms with Crippen LogP contribution >= 0.6 is 23.2 Å². The van der Waals surface area contributed by atoms with E-state index >= 15 is 0 Å². The van der Waals surface area contributed by atoms with Gasteiger partial charge in [0.1, 0.15) is 11.8 Å². The van der Waals surface area contributed by atoms with Crippen molar-refractivity contribution in [1.29, 1.82) is 0 Å². The van der Waals surface area contributed by atoms with Crippen LogP contribution in [0.25, 0.3) is 0 Å². The van der Waals surface area contributed by atoms with E-state index in [1.807, 2.05) is 42.5 Å². The molecule has 1 fully saturated rings. The second kappa shape index (κ2) is 13.5. The Labute approximate surface area is 228 Å². The Bertz CT molecular complexity index is 1160. The van der Waals surface area contributed by atoms with Gasteiger partial charge in [-0.05, 0) is 54.3 Å². The summed E-state index contributed by atoms with van der Waals surface area (Å²) in [6, 6.07) is 23.5. The number of hydrogen-bond acceptors (Lipinski definition) is 3. The minimum atomic E-state index is -0.699. The minimum Gasteiger partial charge on any atom is -0.484 e. The van der Waals surface area contributed by atoms with Gasteiger partial charge in [-0.3, -0.25) is 9.59 Å². The van der Waals surface area contributed by atoms with Crippen LogP contribution in [-0.2, 0) is 22.6 Å². The molecule has 1 N–H and O–H groups in total. The van der Waals surface area contributed by atoms with Crippen molar-refractivity contribution in [3.63, 3.8) is 0 Å². The zero-order chi connectivity index (χ0) is 26.0. The van der Waals surface area contributed by atoms with Crippen molar-refractivity contribution in [3.05, 3.63) is 100 Å². The maximum absolute atomic E-state index is 13.7. The van der Waals surface area contributed by atoms with E-state index in [0.29, 0.717) is 22.2 Å². The van der Waals surface area contributed by atoms with E-state index < -0.39 is 6.04 Å². The molecule has 7 heteroatoms. The number of benzene rings is 3. The van der Waals surface area contributed by atoms with Gasteiger partial charge >= 0.3 is 0 Å². The summed E-state index contributed by atoms with van der Waals surface area (Å²) in [4.78, 5) is 29.0. The maximum Gasteiger partial charge on any atom is 0.261 e. The summed E-state index contributed by atoms with van der Waals surface area (Å²) < 4.78 is 5.79.